The lowest BCUT2D eigenvalue weighted by atomic mass is 9.87. The summed E-state index contributed by atoms with van der Waals surface area (Å²) in [5.74, 6) is 0. The van der Waals surface area contributed by atoms with E-state index in [-0.39, 0.29) is 0 Å². The molecule has 3 aromatic carbocycles. The lowest BCUT2D eigenvalue weighted by molar-refractivity contribution is 1.40. The number of hydrogen-bond donors (Lipinski definition) is 0. The summed E-state index contributed by atoms with van der Waals surface area (Å²) in [5.41, 5.74) is 11.6. The van der Waals surface area contributed by atoms with Crippen molar-refractivity contribution in [2.24, 2.45) is 0 Å². The standard InChI is InChI=1S/C24H15N/c1-3-9-17(10-4-1)22-19-13-7-14-20(19)23(18-11-5-2-6-12-18)24-21(22)15-8-16-25-24/h1-6,8-16H. The summed E-state index contributed by atoms with van der Waals surface area (Å²) in [6.45, 7) is 0. The highest BCUT2D eigenvalue weighted by Gasteiger charge is 2.21. The van der Waals surface area contributed by atoms with Crippen LogP contribution < -0.4 is 0 Å². The molecule has 0 spiro atoms. The van der Waals surface area contributed by atoms with Gasteiger partial charge in [0.2, 0.25) is 0 Å². The lowest BCUT2D eigenvalue weighted by Gasteiger charge is -2.17. The van der Waals surface area contributed by atoms with Gasteiger partial charge >= 0.3 is 0 Å². The SMILES string of the molecule is C1=Cc2c(c(-c3ccccc3)c3ncccc3c2-c2ccccc2)C=1. The molecule has 5 rings (SSSR count). The molecule has 1 nitrogen and oxygen atoms in total. The van der Waals surface area contributed by atoms with Crippen LogP contribution in [0.3, 0.4) is 0 Å². The number of aromatic nitrogens is 1. The number of benzene rings is 3. The molecule has 1 aliphatic rings. The molecule has 0 bridgehead atoms. The number of rotatable bonds is 2. The first-order valence-corrected chi connectivity index (χ1v) is 8.41. The Labute approximate surface area is 146 Å². The van der Waals surface area contributed by atoms with Crippen molar-refractivity contribution < 1.29 is 0 Å². The molecule has 1 aliphatic carbocycles. The Balaban J connectivity index is 1.96. The van der Waals surface area contributed by atoms with Crippen LogP contribution in [0.4, 0.5) is 0 Å². The molecule has 0 N–H and O–H groups in total. The van der Waals surface area contributed by atoms with E-state index in [1.54, 1.807) is 0 Å². The molecule has 1 heteroatoms. The quantitative estimate of drug-likeness (QED) is 0.353. The van der Waals surface area contributed by atoms with Gasteiger partial charge in [0.15, 0.2) is 0 Å². The Morgan fingerprint density at radius 1 is 0.600 bits per heavy atom. The van der Waals surface area contributed by atoms with Gasteiger partial charge in [0.1, 0.15) is 0 Å². The van der Waals surface area contributed by atoms with Gasteiger partial charge in [-0.25, -0.2) is 0 Å². The van der Waals surface area contributed by atoms with Crippen molar-refractivity contribution in [2.75, 3.05) is 0 Å². The molecule has 1 aromatic heterocycles. The zero-order valence-electron chi connectivity index (χ0n) is 13.6. The molecular weight excluding hydrogens is 302 g/mol. The highest BCUT2D eigenvalue weighted by atomic mass is 14.7. The molecule has 0 saturated heterocycles. The number of fused-ring (bicyclic) bond motifs is 2. The van der Waals surface area contributed by atoms with Crippen molar-refractivity contribution >= 4 is 23.1 Å². The lowest BCUT2D eigenvalue weighted by Crippen LogP contribution is -1.95. The Kier molecular flexibility index (Phi) is 3.13. The van der Waals surface area contributed by atoms with Crippen LogP contribution in [0, 0.1) is 0 Å². The van der Waals surface area contributed by atoms with Gasteiger partial charge in [-0.1, -0.05) is 66.7 Å². The molecule has 0 radical (unpaired) electrons. The second kappa shape index (κ2) is 5.59. The summed E-state index contributed by atoms with van der Waals surface area (Å²) in [5, 5.41) is 1.18. The first-order valence-electron chi connectivity index (χ1n) is 8.41. The van der Waals surface area contributed by atoms with Crippen LogP contribution in [0.1, 0.15) is 11.1 Å². The van der Waals surface area contributed by atoms with E-state index in [1.807, 2.05) is 18.3 Å². The number of hydrogen-bond acceptors (Lipinski definition) is 1. The molecule has 4 aromatic rings. The van der Waals surface area contributed by atoms with Crippen molar-refractivity contribution in [3.8, 4) is 22.3 Å². The predicted octanol–water partition coefficient (Wildman–Crippen LogP) is 6.21. The second-order valence-electron chi connectivity index (χ2n) is 6.16. The largest absolute Gasteiger partial charge is 0.256 e. The normalized spacial score (nSPS) is 11.8. The third kappa shape index (κ3) is 2.15. The Hall–Kier alpha value is -3.41. The van der Waals surface area contributed by atoms with Crippen LogP contribution in [-0.2, 0) is 0 Å². The van der Waals surface area contributed by atoms with Gasteiger partial charge in [0, 0.05) is 22.7 Å². The molecule has 25 heavy (non-hydrogen) atoms. The van der Waals surface area contributed by atoms with Gasteiger partial charge in [-0.2, -0.15) is 0 Å². The minimum absolute atomic E-state index is 1.04. The average Bonchev–Trinajstić information content (AvgIpc) is 3.16. The summed E-state index contributed by atoms with van der Waals surface area (Å²) in [4.78, 5) is 4.76. The molecule has 0 atom stereocenters. The maximum Gasteiger partial charge on any atom is 0.0793 e. The van der Waals surface area contributed by atoms with Crippen molar-refractivity contribution in [1.29, 1.82) is 0 Å². The van der Waals surface area contributed by atoms with E-state index in [9.17, 15) is 0 Å². The van der Waals surface area contributed by atoms with Gasteiger partial charge in [-0.3, -0.25) is 4.98 Å². The van der Waals surface area contributed by atoms with Crippen LogP contribution in [0.15, 0.2) is 84.7 Å². The highest BCUT2D eigenvalue weighted by molar-refractivity contribution is 6.11. The molecule has 0 aliphatic heterocycles. The van der Waals surface area contributed by atoms with Crippen LogP contribution in [0.25, 0.3) is 45.3 Å². The van der Waals surface area contributed by atoms with Crippen molar-refractivity contribution in [2.45, 2.75) is 0 Å². The zero-order chi connectivity index (χ0) is 16.6. The van der Waals surface area contributed by atoms with Crippen molar-refractivity contribution in [3.05, 3.63) is 95.9 Å². The predicted molar refractivity (Wildman–Crippen MR) is 105 cm³/mol. The van der Waals surface area contributed by atoms with E-state index in [4.69, 9.17) is 4.98 Å². The number of pyridine rings is 1. The van der Waals surface area contributed by atoms with E-state index in [1.165, 1.54) is 38.8 Å². The summed E-state index contributed by atoms with van der Waals surface area (Å²) in [6, 6.07) is 25.2. The molecule has 116 valence electrons. The van der Waals surface area contributed by atoms with Crippen molar-refractivity contribution in [3.63, 3.8) is 0 Å². The topological polar surface area (TPSA) is 12.9 Å². The summed E-state index contributed by atoms with van der Waals surface area (Å²) >= 11 is 0. The number of nitrogens with zero attached hydrogens (tertiary/aromatic N) is 1. The zero-order valence-corrected chi connectivity index (χ0v) is 13.6. The molecule has 0 fully saturated rings. The summed E-state index contributed by atoms with van der Waals surface area (Å²) in [7, 11) is 0. The van der Waals surface area contributed by atoms with E-state index < -0.39 is 0 Å². The van der Waals surface area contributed by atoms with Crippen molar-refractivity contribution in [1.82, 2.24) is 4.98 Å². The maximum absolute atomic E-state index is 4.76. The fraction of sp³-hybridized carbons (Fsp3) is 0. The van der Waals surface area contributed by atoms with Gasteiger partial charge in [0.05, 0.1) is 5.52 Å². The Morgan fingerprint density at radius 2 is 1.20 bits per heavy atom. The Morgan fingerprint density at radius 3 is 1.88 bits per heavy atom. The molecular formula is C24H15N. The monoisotopic (exact) mass is 317 g/mol. The fourth-order valence-corrected chi connectivity index (χ4v) is 3.67. The summed E-state index contributed by atoms with van der Waals surface area (Å²) in [6.07, 6.45) is 6.05. The highest BCUT2D eigenvalue weighted by Crippen LogP contribution is 2.43. The third-order valence-electron chi connectivity index (χ3n) is 4.72. The third-order valence-corrected chi connectivity index (χ3v) is 4.72. The van der Waals surface area contributed by atoms with E-state index >= 15 is 0 Å². The molecule has 1 heterocycles. The van der Waals surface area contributed by atoms with Crippen LogP contribution in [0.2, 0.25) is 0 Å². The Bertz CT molecular complexity index is 1060. The average molecular weight is 317 g/mol. The second-order valence-corrected chi connectivity index (χ2v) is 6.16. The van der Waals surface area contributed by atoms with Crippen LogP contribution >= 0.6 is 0 Å². The van der Waals surface area contributed by atoms with Crippen LogP contribution in [-0.4, -0.2) is 4.98 Å². The van der Waals surface area contributed by atoms with Gasteiger partial charge in [-0.15, -0.1) is 5.73 Å². The van der Waals surface area contributed by atoms with E-state index in [0.717, 1.165) is 5.52 Å². The first kappa shape index (κ1) is 14.0. The first-order chi connectivity index (χ1) is 12.4. The van der Waals surface area contributed by atoms with Crippen LogP contribution in [0.5, 0.6) is 0 Å². The van der Waals surface area contributed by atoms with E-state index in [0.29, 0.717) is 0 Å². The molecule has 0 amide bonds. The molecule has 0 unspecified atom stereocenters. The maximum atomic E-state index is 4.76. The van der Waals surface area contributed by atoms with E-state index in [2.05, 4.69) is 78.5 Å². The minimum atomic E-state index is 1.04. The fourth-order valence-electron chi connectivity index (χ4n) is 3.67. The molecule has 0 saturated carbocycles. The van der Waals surface area contributed by atoms with Gasteiger partial charge in [0.25, 0.3) is 0 Å². The van der Waals surface area contributed by atoms with Gasteiger partial charge < -0.3 is 0 Å². The summed E-state index contributed by atoms with van der Waals surface area (Å²) < 4.78 is 0. The smallest absolute Gasteiger partial charge is 0.0793 e. The van der Waals surface area contributed by atoms with Gasteiger partial charge in [-0.05, 0) is 40.5 Å². The minimum Gasteiger partial charge on any atom is -0.256 e.